The SMILES string of the molecule is COc1ccccc1C(=O)c1cc(Br)sc1Br. The van der Waals surface area contributed by atoms with Crippen LogP contribution < -0.4 is 4.74 Å². The average molecular weight is 376 g/mol. The summed E-state index contributed by atoms with van der Waals surface area (Å²) in [5.41, 5.74) is 1.22. The lowest BCUT2D eigenvalue weighted by Crippen LogP contribution is -2.03. The van der Waals surface area contributed by atoms with E-state index in [1.54, 1.807) is 19.2 Å². The van der Waals surface area contributed by atoms with Crippen LogP contribution in [0.3, 0.4) is 0 Å². The molecule has 1 aromatic heterocycles. The Kier molecular flexibility index (Phi) is 4.01. The number of ether oxygens (including phenoxy) is 1. The number of halogens is 2. The predicted octanol–water partition coefficient (Wildman–Crippen LogP) is 4.51. The highest BCUT2D eigenvalue weighted by Crippen LogP contribution is 2.34. The number of hydrogen-bond donors (Lipinski definition) is 0. The molecule has 2 nitrogen and oxygen atoms in total. The normalized spacial score (nSPS) is 10.3. The molecule has 0 bridgehead atoms. The summed E-state index contributed by atoms with van der Waals surface area (Å²) in [5.74, 6) is 0.544. The molecule has 88 valence electrons. The third-order valence-corrected chi connectivity index (χ3v) is 4.59. The van der Waals surface area contributed by atoms with Crippen molar-refractivity contribution in [3.63, 3.8) is 0 Å². The fourth-order valence-electron chi connectivity index (χ4n) is 1.47. The highest BCUT2D eigenvalue weighted by Gasteiger charge is 2.18. The van der Waals surface area contributed by atoms with Crippen LogP contribution in [-0.4, -0.2) is 12.9 Å². The van der Waals surface area contributed by atoms with Gasteiger partial charge in [0.15, 0.2) is 5.78 Å². The van der Waals surface area contributed by atoms with Crippen LogP contribution >= 0.6 is 43.2 Å². The third-order valence-electron chi connectivity index (χ3n) is 2.25. The van der Waals surface area contributed by atoms with Crippen molar-refractivity contribution < 1.29 is 9.53 Å². The molecule has 2 aromatic rings. The van der Waals surface area contributed by atoms with Gasteiger partial charge in [0.25, 0.3) is 0 Å². The van der Waals surface area contributed by atoms with Crippen molar-refractivity contribution in [1.29, 1.82) is 0 Å². The Bertz CT molecular complexity index is 563. The average Bonchev–Trinajstić information content (AvgIpc) is 2.67. The first kappa shape index (κ1) is 12.8. The number of ketones is 1. The zero-order valence-electron chi connectivity index (χ0n) is 8.87. The molecular weight excluding hydrogens is 368 g/mol. The van der Waals surface area contributed by atoms with Gasteiger partial charge in [0.2, 0.25) is 0 Å². The van der Waals surface area contributed by atoms with Gasteiger partial charge in [0.1, 0.15) is 5.75 Å². The van der Waals surface area contributed by atoms with Crippen LogP contribution in [0, 0.1) is 0 Å². The number of carbonyl (C=O) groups excluding carboxylic acids is 1. The molecule has 0 spiro atoms. The van der Waals surface area contributed by atoms with Crippen molar-refractivity contribution in [2.24, 2.45) is 0 Å². The van der Waals surface area contributed by atoms with Gasteiger partial charge in [-0.15, -0.1) is 11.3 Å². The second kappa shape index (κ2) is 5.33. The van der Waals surface area contributed by atoms with Crippen molar-refractivity contribution in [3.05, 3.63) is 49.0 Å². The molecule has 0 saturated heterocycles. The molecule has 1 aromatic carbocycles. The zero-order valence-corrected chi connectivity index (χ0v) is 12.9. The molecule has 0 N–H and O–H groups in total. The van der Waals surface area contributed by atoms with Crippen molar-refractivity contribution in [2.45, 2.75) is 0 Å². The second-order valence-electron chi connectivity index (χ2n) is 3.27. The minimum Gasteiger partial charge on any atom is -0.496 e. The first-order valence-electron chi connectivity index (χ1n) is 4.76. The summed E-state index contributed by atoms with van der Waals surface area (Å²) in [6, 6.07) is 9.02. The number of carbonyl (C=O) groups is 1. The fourth-order valence-corrected chi connectivity index (χ4v) is 4.27. The molecule has 0 aliphatic rings. The van der Waals surface area contributed by atoms with Gasteiger partial charge in [-0.05, 0) is 50.1 Å². The maximum Gasteiger partial charge on any atom is 0.198 e. The molecule has 2 rings (SSSR count). The molecule has 0 radical (unpaired) electrons. The zero-order chi connectivity index (χ0) is 12.4. The van der Waals surface area contributed by atoms with Gasteiger partial charge in [-0.3, -0.25) is 4.79 Å². The Balaban J connectivity index is 2.47. The molecule has 0 atom stereocenters. The fraction of sp³-hybridized carbons (Fsp3) is 0.0833. The maximum absolute atomic E-state index is 12.3. The van der Waals surface area contributed by atoms with Gasteiger partial charge in [0, 0.05) is 5.56 Å². The molecule has 0 aliphatic carbocycles. The van der Waals surface area contributed by atoms with Gasteiger partial charge in [-0.25, -0.2) is 0 Å². The molecule has 17 heavy (non-hydrogen) atoms. The third kappa shape index (κ3) is 2.61. The Morgan fingerprint density at radius 2 is 1.94 bits per heavy atom. The smallest absolute Gasteiger partial charge is 0.198 e. The molecular formula is C12H8Br2O2S. The van der Waals surface area contributed by atoms with Crippen LogP contribution in [0.15, 0.2) is 37.9 Å². The van der Waals surface area contributed by atoms with Crippen molar-refractivity contribution in [2.75, 3.05) is 7.11 Å². The molecule has 1 heterocycles. The van der Waals surface area contributed by atoms with E-state index in [9.17, 15) is 4.79 Å². The van der Waals surface area contributed by atoms with Gasteiger partial charge in [0.05, 0.1) is 20.2 Å². The van der Waals surface area contributed by atoms with Crippen LogP contribution in [0.4, 0.5) is 0 Å². The molecule has 0 fully saturated rings. The quantitative estimate of drug-likeness (QED) is 0.737. The van der Waals surface area contributed by atoms with Gasteiger partial charge in [-0.2, -0.15) is 0 Å². The van der Waals surface area contributed by atoms with E-state index in [2.05, 4.69) is 31.9 Å². The topological polar surface area (TPSA) is 26.3 Å². The lowest BCUT2D eigenvalue weighted by atomic mass is 10.1. The summed E-state index contributed by atoms with van der Waals surface area (Å²) in [4.78, 5) is 12.3. The van der Waals surface area contributed by atoms with E-state index in [4.69, 9.17) is 4.74 Å². The minimum atomic E-state index is -0.0451. The van der Waals surface area contributed by atoms with Crippen LogP contribution in [0.25, 0.3) is 0 Å². The first-order chi connectivity index (χ1) is 8.13. The lowest BCUT2D eigenvalue weighted by Gasteiger charge is -2.06. The molecule has 0 aliphatic heterocycles. The Morgan fingerprint density at radius 1 is 1.24 bits per heavy atom. The summed E-state index contributed by atoms with van der Waals surface area (Å²) in [5, 5.41) is 0. The summed E-state index contributed by atoms with van der Waals surface area (Å²) in [6.45, 7) is 0. The van der Waals surface area contributed by atoms with Crippen LogP contribution in [0.1, 0.15) is 15.9 Å². The summed E-state index contributed by atoms with van der Waals surface area (Å²) in [6.07, 6.45) is 0. The maximum atomic E-state index is 12.3. The van der Waals surface area contributed by atoms with Crippen molar-refractivity contribution in [1.82, 2.24) is 0 Å². The number of benzene rings is 1. The van der Waals surface area contributed by atoms with Gasteiger partial charge >= 0.3 is 0 Å². The van der Waals surface area contributed by atoms with Crippen LogP contribution in [-0.2, 0) is 0 Å². The summed E-state index contributed by atoms with van der Waals surface area (Å²) >= 11 is 8.23. The van der Waals surface area contributed by atoms with Crippen molar-refractivity contribution in [3.8, 4) is 5.75 Å². The van der Waals surface area contributed by atoms with E-state index in [0.29, 0.717) is 16.9 Å². The lowest BCUT2D eigenvalue weighted by molar-refractivity contribution is 0.103. The Hall–Kier alpha value is -0.650. The monoisotopic (exact) mass is 374 g/mol. The number of rotatable bonds is 3. The summed E-state index contributed by atoms with van der Waals surface area (Å²) < 4.78 is 6.93. The van der Waals surface area contributed by atoms with E-state index in [1.807, 2.05) is 18.2 Å². The van der Waals surface area contributed by atoms with Crippen LogP contribution in [0.2, 0.25) is 0 Å². The standard InChI is InChI=1S/C12H8Br2O2S/c1-16-9-5-3-2-4-7(9)11(15)8-6-10(13)17-12(8)14/h2-6H,1H3. The largest absolute Gasteiger partial charge is 0.496 e. The number of hydrogen-bond acceptors (Lipinski definition) is 3. The van der Waals surface area contributed by atoms with Gasteiger partial charge < -0.3 is 4.74 Å². The van der Waals surface area contributed by atoms with Gasteiger partial charge in [-0.1, -0.05) is 12.1 Å². The molecule has 0 saturated carbocycles. The van der Waals surface area contributed by atoms with E-state index in [1.165, 1.54) is 11.3 Å². The first-order valence-corrected chi connectivity index (χ1v) is 7.16. The highest BCUT2D eigenvalue weighted by atomic mass is 79.9. The summed E-state index contributed by atoms with van der Waals surface area (Å²) in [7, 11) is 1.56. The minimum absolute atomic E-state index is 0.0451. The van der Waals surface area contributed by atoms with E-state index in [0.717, 1.165) is 7.57 Å². The molecule has 5 heteroatoms. The Labute approximate surface area is 120 Å². The van der Waals surface area contributed by atoms with Crippen LogP contribution in [0.5, 0.6) is 5.75 Å². The number of thiophene rings is 1. The van der Waals surface area contributed by atoms with E-state index < -0.39 is 0 Å². The van der Waals surface area contributed by atoms with Crippen molar-refractivity contribution >= 4 is 49.0 Å². The molecule has 0 amide bonds. The molecule has 0 unspecified atom stereocenters. The number of methoxy groups -OCH3 is 1. The van der Waals surface area contributed by atoms with E-state index in [-0.39, 0.29) is 5.78 Å². The number of para-hydroxylation sites is 1. The second-order valence-corrected chi connectivity index (χ2v) is 7.02. The Morgan fingerprint density at radius 3 is 2.53 bits per heavy atom. The van der Waals surface area contributed by atoms with E-state index >= 15 is 0 Å². The highest BCUT2D eigenvalue weighted by molar-refractivity contribution is 9.12. The predicted molar refractivity (Wildman–Crippen MR) is 76.1 cm³/mol.